The fourth-order valence-electron chi connectivity index (χ4n) is 4.74. The van der Waals surface area contributed by atoms with Gasteiger partial charge in [0.1, 0.15) is 47.7 Å². The summed E-state index contributed by atoms with van der Waals surface area (Å²) in [7, 11) is 0. The topological polar surface area (TPSA) is 75.8 Å². The Morgan fingerprint density at radius 3 is 2.58 bits per heavy atom. The number of rotatable bonds is 2. The summed E-state index contributed by atoms with van der Waals surface area (Å²) in [6.07, 6.45) is 0. The van der Waals surface area contributed by atoms with Crippen LogP contribution in [0.25, 0.3) is 43.0 Å². The molecule has 0 unspecified atom stereocenters. The van der Waals surface area contributed by atoms with Crippen molar-refractivity contribution in [3.05, 3.63) is 59.4 Å². The van der Waals surface area contributed by atoms with Crippen molar-refractivity contribution in [3.63, 3.8) is 0 Å². The molecule has 0 saturated carbocycles. The van der Waals surface area contributed by atoms with Crippen molar-refractivity contribution in [2.45, 2.75) is 39.9 Å². The summed E-state index contributed by atoms with van der Waals surface area (Å²) in [6.45, 7) is 7.27. The molecule has 7 rings (SSSR count). The average Bonchev–Trinajstić information content (AvgIpc) is 3.53. The van der Waals surface area contributed by atoms with Crippen LogP contribution in [-0.4, -0.2) is 19.9 Å². The standard InChI is InChI=1S/C26H22N4O2S/c1-12(2)26-29-19-11-32-24-17(23(19)30-26)7-5-15-9-21(33-25(15)24)14-4-6-16-20(8-14)31-10-18-22(16)28-13(3)27-18/h4-9,12H,10-11H2,1-3H3,(H,27,28)(H,29,30). The minimum Gasteiger partial charge on any atom is -0.486 e. The molecule has 0 aliphatic carbocycles. The Balaban J connectivity index is 1.32. The Kier molecular flexibility index (Phi) is 3.85. The number of imidazole rings is 2. The van der Waals surface area contributed by atoms with Crippen LogP contribution in [0.5, 0.6) is 11.5 Å². The molecule has 0 fully saturated rings. The number of hydrogen-bond donors (Lipinski definition) is 2. The third-order valence-corrected chi connectivity index (χ3v) is 7.60. The number of aryl methyl sites for hydroxylation is 1. The van der Waals surface area contributed by atoms with Gasteiger partial charge in [0, 0.05) is 21.9 Å². The van der Waals surface area contributed by atoms with Crippen molar-refractivity contribution in [1.82, 2.24) is 19.9 Å². The molecule has 6 nitrogen and oxygen atoms in total. The highest BCUT2D eigenvalue weighted by atomic mass is 32.1. The first-order valence-corrected chi connectivity index (χ1v) is 12.0. The number of fused-ring (bicyclic) bond motifs is 8. The lowest BCUT2D eigenvalue weighted by molar-refractivity contribution is 0.298. The van der Waals surface area contributed by atoms with E-state index in [1.165, 1.54) is 15.0 Å². The summed E-state index contributed by atoms with van der Waals surface area (Å²) in [4.78, 5) is 17.4. The second-order valence-electron chi connectivity index (χ2n) is 9.00. The number of nitrogens with zero attached hydrogens (tertiary/aromatic N) is 2. The maximum Gasteiger partial charge on any atom is 0.147 e. The molecule has 3 aromatic heterocycles. The zero-order chi connectivity index (χ0) is 22.3. The first-order valence-electron chi connectivity index (χ1n) is 11.2. The van der Waals surface area contributed by atoms with E-state index in [1.807, 2.05) is 6.92 Å². The van der Waals surface area contributed by atoms with Gasteiger partial charge in [0.2, 0.25) is 0 Å². The van der Waals surface area contributed by atoms with Crippen LogP contribution in [-0.2, 0) is 13.2 Å². The molecule has 0 spiro atoms. The molecule has 5 heterocycles. The van der Waals surface area contributed by atoms with Gasteiger partial charge >= 0.3 is 0 Å². The number of aromatic nitrogens is 4. The van der Waals surface area contributed by atoms with E-state index >= 15 is 0 Å². The smallest absolute Gasteiger partial charge is 0.147 e. The molecule has 2 aromatic carbocycles. The molecule has 2 aliphatic heterocycles. The maximum atomic E-state index is 6.23. The van der Waals surface area contributed by atoms with Crippen LogP contribution in [0.15, 0.2) is 36.4 Å². The monoisotopic (exact) mass is 454 g/mol. The first-order chi connectivity index (χ1) is 16.0. The maximum absolute atomic E-state index is 6.23. The molecule has 0 radical (unpaired) electrons. The average molecular weight is 455 g/mol. The predicted octanol–water partition coefficient (Wildman–Crippen LogP) is 6.57. The molecule has 0 bridgehead atoms. The lowest BCUT2D eigenvalue weighted by atomic mass is 10.0. The van der Waals surface area contributed by atoms with Crippen LogP contribution in [0.1, 0.15) is 42.8 Å². The summed E-state index contributed by atoms with van der Waals surface area (Å²) in [6, 6.07) is 13.0. The van der Waals surface area contributed by atoms with Crippen LogP contribution < -0.4 is 9.47 Å². The van der Waals surface area contributed by atoms with E-state index in [0.717, 1.165) is 62.6 Å². The van der Waals surface area contributed by atoms with Gasteiger partial charge in [-0.1, -0.05) is 26.0 Å². The van der Waals surface area contributed by atoms with E-state index in [9.17, 15) is 0 Å². The van der Waals surface area contributed by atoms with Gasteiger partial charge in [0.15, 0.2) is 0 Å². The van der Waals surface area contributed by atoms with Gasteiger partial charge in [0.25, 0.3) is 0 Å². The molecule has 0 saturated heterocycles. The third kappa shape index (κ3) is 2.78. The Hall–Kier alpha value is -3.58. The summed E-state index contributed by atoms with van der Waals surface area (Å²) >= 11 is 1.76. The van der Waals surface area contributed by atoms with E-state index in [0.29, 0.717) is 19.1 Å². The van der Waals surface area contributed by atoms with E-state index < -0.39 is 0 Å². The molecule has 2 aliphatic rings. The van der Waals surface area contributed by atoms with Crippen LogP contribution in [0.4, 0.5) is 0 Å². The summed E-state index contributed by atoms with van der Waals surface area (Å²) in [5, 5.41) is 1.19. The van der Waals surface area contributed by atoms with Gasteiger partial charge < -0.3 is 19.4 Å². The van der Waals surface area contributed by atoms with Crippen molar-refractivity contribution in [2.75, 3.05) is 0 Å². The van der Waals surface area contributed by atoms with Gasteiger partial charge in [-0.05, 0) is 42.1 Å². The van der Waals surface area contributed by atoms with Crippen molar-refractivity contribution >= 4 is 21.4 Å². The largest absolute Gasteiger partial charge is 0.486 e. The minimum absolute atomic E-state index is 0.351. The normalized spacial score (nSPS) is 13.8. The second kappa shape index (κ2) is 6.71. The molecule has 5 aromatic rings. The van der Waals surface area contributed by atoms with E-state index in [4.69, 9.17) is 14.5 Å². The van der Waals surface area contributed by atoms with Crippen LogP contribution >= 0.6 is 11.3 Å². The van der Waals surface area contributed by atoms with E-state index in [2.05, 4.69) is 65.2 Å². The molecule has 2 N–H and O–H groups in total. The van der Waals surface area contributed by atoms with Gasteiger partial charge in [-0.2, -0.15) is 0 Å². The SMILES string of the molecule is Cc1nc2c([nH]1)-c1ccc(-c3cc4ccc5c(c4s3)OCc3nc(C(C)C)[nH]c3-5)cc1OC2. The molecule has 7 heteroatoms. The lowest BCUT2D eigenvalue weighted by Gasteiger charge is -2.17. The first kappa shape index (κ1) is 18.9. The number of nitrogens with one attached hydrogen (secondary N) is 2. The van der Waals surface area contributed by atoms with Gasteiger partial charge in [-0.3, -0.25) is 0 Å². The van der Waals surface area contributed by atoms with Gasteiger partial charge in [-0.15, -0.1) is 11.3 Å². The van der Waals surface area contributed by atoms with Crippen LogP contribution in [0, 0.1) is 6.92 Å². The highest BCUT2D eigenvalue weighted by Crippen LogP contribution is 2.47. The van der Waals surface area contributed by atoms with Crippen molar-refractivity contribution in [1.29, 1.82) is 0 Å². The van der Waals surface area contributed by atoms with Crippen molar-refractivity contribution in [2.24, 2.45) is 0 Å². The quantitative estimate of drug-likeness (QED) is 0.316. The number of aromatic amines is 2. The Bertz CT molecular complexity index is 1570. The zero-order valence-electron chi connectivity index (χ0n) is 18.6. The lowest BCUT2D eigenvalue weighted by Crippen LogP contribution is -2.05. The number of ether oxygens (including phenoxy) is 2. The molecular weight excluding hydrogens is 432 g/mol. The number of hydrogen-bond acceptors (Lipinski definition) is 5. The van der Waals surface area contributed by atoms with Crippen molar-refractivity contribution < 1.29 is 9.47 Å². The Labute approximate surface area is 194 Å². The van der Waals surface area contributed by atoms with Crippen LogP contribution in [0.2, 0.25) is 0 Å². The number of H-pyrrole nitrogens is 2. The van der Waals surface area contributed by atoms with Crippen molar-refractivity contribution in [3.8, 4) is 44.5 Å². The number of thiophene rings is 1. The predicted molar refractivity (Wildman–Crippen MR) is 130 cm³/mol. The minimum atomic E-state index is 0.351. The molecule has 164 valence electrons. The number of benzene rings is 2. The molecular formula is C26H22N4O2S. The summed E-state index contributed by atoms with van der Waals surface area (Å²) in [5.74, 6) is 4.11. The zero-order valence-corrected chi connectivity index (χ0v) is 19.4. The Morgan fingerprint density at radius 2 is 1.70 bits per heavy atom. The fourth-order valence-corrected chi connectivity index (χ4v) is 5.90. The molecule has 0 atom stereocenters. The summed E-state index contributed by atoms with van der Waals surface area (Å²) < 4.78 is 13.4. The van der Waals surface area contributed by atoms with E-state index in [1.54, 1.807) is 11.3 Å². The molecule has 33 heavy (non-hydrogen) atoms. The van der Waals surface area contributed by atoms with E-state index in [-0.39, 0.29) is 0 Å². The third-order valence-electron chi connectivity index (χ3n) is 6.40. The van der Waals surface area contributed by atoms with Gasteiger partial charge in [0.05, 0.1) is 16.1 Å². The highest BCUT2D eigenvalue weighted by Gasteiger charge is 2.26. The van der Waals surface area contributed by atoms with Crippen LogP contribution in [0.3, 0.4) is 0 Å². The van der Waals surface area contributed by atoms with Gasteiger partial charge in [-0.25, -0.2) is 9.97 Å². The molecule has 0 amide bonds. The summed E-state index contributed by atoms with van der Waals surface area (Å²) in [5.41, 5.74) is 7.41. The highest BCUT2D eigenvalue weighted by molar-refractivity contribution is 7.22. The Morgan fingerprint density at radius 1 is 0.909 bits per heavy atom. The fraction of sp³-hybridized carbons (Fsp3) is 0.231. The second-order valence-corrected chi connectivity index (χ2v) is 10.1.